The van der Waals surface area contributed by atoms with Crippen molar-refractivity contribution in [2.75, 3.05) is 32.7 Å². The van der Waals surface area contributed by atoms with Gasteiger partial charge in [-0.15, -0.1) is 0 Å². The molecule has 1 fully saturated rings. The van der Waals surface area contributed by atoms with Crippen LogP contribution >= 0.6 is 11.6 Å². The predicted octanol–water partition coefficient (Wildman–Crippen LogP) is 1.46. The number of halogens is 1. The summed E-state index contributed by atoms with van der Waals surface area (Å²) in [6.45, 7) is 6.70. The van der Waals surface area contributed by atoms with Crippen LogP contribution in [-0.2, 0) is 6.54 Å². The van der Waals surface area contributed by atoms with Crippen molar-refractivity contribution in [3.05, 3.63) is 75.2 Å². The Labute approximate surface area is 174 Å². The molecule has 0 unspecified atom stereocenters. The number of nitrogens with zero attached hydrogens (tertiary/aromatic N) is 3. The molecule has 2 aromatic heterocycles. The highest BCUT2D eigenvalue weighted by Gasteiger charge is 2.26. The smallest absolute Gasteiger partial charge is 0.265 e. The van der Waals surface area contributed by atoms with Gasteiger partial charge in [0, 0.05) is 16.6 Å². The molecule has 0 radical (unpaired) electrons. The van der Waals surface area contributed by atoms with Gasteiger partial charge in [-0.2, -0.15) is 0 Å². The molecule has 3 heterocycles. The summed E-state index contributed by atoms with van der Waals surface area (Å²) >= 11 is 5.98. The Balaban J connectivity index is 1.73. The first-order valence-electron chi connectivity index (χ1n) is 9.92. The zero-order chi connectivity index (χ0) is 20.4. The number of benzene rings is 1. The van der Waals surface area contributed by atoms with Gasteiger partial charge >= 0.3 is 0 Å². The Kier molecular flexibility index (Phi) is 5.65. The molecule has 0 bridgehead atoms. The lowest BCUT2D eigenvalue weighted by molar-refractivity contribution is -0.902. The van der Waals surface area contributed by atoms with E-state index in [0.29, 0.717) is 30.3 Å². The first-order chi connectivity index (χ1) is 14.1. The van der Waals surface area contributed by atoms with E-state index in [2.05, 4.69) is 11.9 Å². The number of rotatable bonds is 4. The molecule has 0 atom stereocenters. The highest BCUT2D eigenvalue weighted by molar-refractivity contribution is 6.30. The van der Waals surface area contributed by atoms with E-state index in [9.17, 15) is 9.59 Å². The van der Waals surface area contributed by atoms with Crippen molar-refractivity contribution in [1.82, 2.24) is 14.5 Å². The zero-order valence-corrected chi connectivity index (χ0v) is 17.2. The molecule has 29 heavy (non-hydrogen) atoms. The van der Waals surface area contributed by atoms with Gasteiger partial charge in [0.2, 0.25) is 0 Å². The molecule has 0 spiro atoms. The monoisotopic (exact) mass is 411 g/mol. The third-order valence-electron chi connectivity index (χ3n) is 5.59. The summed E-state index contributed by atoms with van der Waals surface area (Å²) in [5, 5.41) is 1.42. The van der Waals surface area contributed by atoms with Gasteiger partial charge in [0.05, 0.1) is 39.3 Å². The Hall–Kier alpha value is -2.70. The minimum absolute atomic E-state index is 0.194. The largest absolute Gasteiger partial charge is 0.332 e. The second-order valence-electron chi connectivity index (χ2n) is 7.39. The standard InChI is InChI=1S/C22H23ClN4O2/c1-2-25-10-12-26(13-11-25)21(28)19-14-17-4-3-9-24-20(17)27(22(19)29)15-16-5-7-18(23)8-6-16/h3-9,14H,2,10-13,15H2,1H3/p+1. The molecular weight excluding hydrogens is 388 g/mol. The molecule has 1 aliphatic heterocycles. The molecule has 0 aliphatic carbocycles. The lowest BCUT2D eigenvalue weighted by atomic mass is 10.1. The molecule has 7 heteroatoms. The van der Waals surface area contributed by atoms with E-state index in [1.54, 1.807) is 33.9 Å². The second-order valence-corrected chi connectivity index (χ2v) is 7.82. The maximum Gasteiger partial charge on any atom is 0.265 e. The van der Waals surface area contributed by atoms with Crippen molar-refractivity contribution >= 4 is 28.5 Å². The number of amides is 1. The fourth-order valence-corrected chi connectivity index (χ4v) is 3.95. The van der Waals surface area contributed by atoms with Crippen molar-refractivity contribution in [2.45, 2.75) is 13.5 Å². The van der Waals surface area contributed by atoms with Gasteiger partial charge < -0.3 is 9.80 Å². The summed E-state index contributed by atoms with van der Waals surface area (Å²) in [5.41, 5.74) is 1.40. The van der Waals surface area contributed by atoms with Crippen molar-refractivity contribution in [1.29, 1.82) is 0 Å². The number of fused-ring (bicyclic) bond motifs is 1. The van der Waals surface area contributed by atoms with Crippen LogP contribution in [0.15, 0.2) is 53.5 Å². The topological polar surface area (TPSA) is 59.6 Å². The maximum atomic E-state index is 13.3. The summed E-state index contributed by atoms with van der Waals surface area (Å²) in [7, 11) is 0. The summed E-state index contributed by atoms with van der Waals surface area (Å²) in [5.74, 6) is -0.194. The van der Waals surface area contributed by atoms with Gasteiger partial charge in [0.1, 0.15) is 11.2 Å². The normalized spacial score (nSPS) is 15.0. The van der Waals surface area contributed by atoms with Crippen LogP contribution in [0.2, 0.25) is 5.02 Å². The van der Waals surface area contributed by atoms with Gasteiger partial charge in [-0.05, 0) is 42.8 Å². The molecular formula is C22H24ClN4O2+. The molecule has 1 aromatic carbocycles. The minimum atomic E-state index is -0.304. The van der Waals surface area contributed by atoms with Crippen LogP contribution in [-0.4, -0.2) is 53.1 Å². The highest BCUT2D eigenvalue weighted by Crippen LogP contribution is 2.16. The third kappa shape index (κ3) is 4.04. The van der Waals surface area contributed by atoms with Gasteiger partial charge in [-0.3, -0.25) is 14.2 Å². The van der Waals surface area contributed by atoms with Crippen LogP contribution in [0.4, 0.5) is 0 Å². The Morgan fingerprint density at radius 3 is 2.59 bits per heavy atom. The molecule has 150 valence electrons. The van der Waals surface area contributed by atoms with Crippen LogP contribution < -0.4 is 10.5 Å². The lowest BCUT2D eigenvalue weighted by Crippen LogP contribution is -3.14. The van der Waals surface area contributed by atoms with Crippen LogP contribution in [0, 0.1) is 0 Å². The van der Waals surface area contributed by atoms with Crippen LogP contribution in [0.25, 0.3) is 11.0 Å². The van der Waals surface area contributed by atoms with E-state index in [-0.39, 0.29) is 17.0 Å². The number of hydrogen-bond acceptors (Lipinski definition) is 3. The Morgan fingerprint density at radius 2 is 1.90 bits per heavy atom. The zero-order valence-electron chi connectivity index (χ0n) is 16.4. The van der Waals surface area contributed by atoms with E-state index in [0.717, 1.165) is 30.6 Å². The second kappa shape index (κ2) is 8.35. The first-order valence-corrected chi connectivity index (χ1v) is 10.3. The molecule has 4 rings (SSSR count). The number of piperazine rings is 1. The third-order valence-corrected chi connectivity index (χ3v) is 5.84. The van der Waals surface area contributed by atoms with E-state index < -0.39 is 0 Å². The number of aromatic nitrogens is 2. The Morgan fingerprint density at radius 1 is 1.17 bits per heavy atom. The average molecular weight is 412 g/mol. The molecule has 3 aromatic rings. The van der Waals surface area contributed by atoms with Crippen molar-refractivity contribution < 1.29 is 9.69 Å². The highest BCUT2D eigenvalue weighted by atomic mass is 35.5. The number of pyridine rings is 2. The molecule has 0 saturated carbocycles. The van der Waals surface area contributed by atoms with Gasteiger partial charge in [-0.25, -0.2) is 4.98 Å². The van der Waals surface area contributed by atoms with Crippen LogP contribution in [0.3, 0.4) is 0 Å². The molecule has 1 amide bonds. The molecule has 6 nitrogen and oxygen atoms in total. The van der Waals surface area contributed by atoms with Crippen molar-refractivity contribution in [3.63, 3.8) is 0 Å². The number of carbonyl (C=O) groups excluding carboxylic acids is 1. The number of hydrogen-bond donors (Lipinski definition) is 1. The molecule has 1 saturated heterocycles. The number of quaternary nitrogens is 1. The predicted molar refractivity (Wildman–Crippen MR) is 114 cm³/mol. The van der Waals surface area contributed by atoms with Crippen LogP contribution in [0.5, 0.6) is 0 Å². The van der Waals surface area contributed by atoms with Crippen molar-refractivity contribution in [2.24, 2.45) is 0 Å². The number of carbonyl (C=O) groups is 1. The lowest BCUT2D eigenvalue weighted by Gasteiger charge is -2.31. The van der Waals surface area contributed by atoms with E-state index in [4.69, 9.17) is 11.6 Å². The van der Waals surface area contributed by atoms with E-state index >= 15 is 0 Å². The fraction of sp³-hybridized carbons (Fsp3) is 0.318. The van der Waals surface area contributed by atoms with E-state index in [1.165, 1.54) is 4.90 Å². The van der Waals surface area contributed by atoms with Gasteiger partial charge in [0.15, 0.2) is 0 Å². The summed E-state index contributed by atoms with van der Waals surface area (Å²) in [6.07, 6.45) is 1.66. The minimum Gasteiger partial charge on any atom is -0.332 e. The quantitative estimate of drug-likeness (QED) is 0.707. The summed E-state index contributed by atoms with van der Waals surface area (Å²) in [6, 6.07) is 12.7. The van der Waals surface area contributed by atoms with Crippen LogP contribution in [0.1, 0.15) is 22.8 Å². The number of likely N-dealkylation sites (N-methyl/N-ethyl adjacent to an activating group) is 1. The van der Waals surface area contributed by atoms with Gasteiger partial charge in [0.25, 0.3) is 11.5 Å². The summed E-state index contributed by atoms with van der Waals surface area (Å²) in [4.78, 5) is 34.2. The molecule has 1 aliphatic rings. The van der Waals surface area contributed by atoms with Crippen molar-refractivity contribution in [3.8, 4) is 0 Å². The Bertz CT molecular complexity index is 1090. The first kappa shape index (κ1) is 19.6. The number of nitrogens with one attached hydrogen (secondary N) is 1. The fourth-order valence-electron chi connectivity index (χ4n) is 3.83. The summed E-state index contributed by atoms with van der Waals surface area (Å²) < 4.78 is 1.58. The van der Waals surface area contributed by atoms with E-state index in [1.807, 2.05) is 24.3 Å². The van der Waals surface area contributed by atoms with Gasteiger partial charge in [-0.1, -0.05) is 23.7 Å². The molecule has 1 N–H and O–H groups in total. The average Bonchev–Trinajstić information content (AvgIpc) is 2.76. The SMILES string of the molecule is CC[NH+]1CCN(C(=O)c2cc3cccnc3n(Cc3ccc(Cl)cc3)c2=O)CC1. The maximum absolute atomic E-state index is 13.3.